The smallest absolute Gasteiger partial charge is 0.128 e. The Bertz CT molecular complexity index is 573. The van der Waals surface area contributed by atoms with E-state index in [4.69, 9.17) is 4.98 Å². The molecule has 0 unspecified atom stereocenters. The highest BCUT2D eigenvalue weighted by Crippen LogP contribution is 2.25. The van der Waals surface area contributed by atoms with Crippen LogP contribution in [-0.2, 0) is 18.4 Å². The number of rotatable bonds is 5. The number of aliphatic hydroxyl groups excluding tert-OH is 1. The van der Waals surface area contributed by atoms with E-state index >= 15 is 0 Å². The maximum Gasteiger partial charge on any atom is 0.128 e. The molecule has 1 N–H and O–H groups in total. The Morgan fingerprint density at radius 3 is 2.62 bits per heavy atom. The van der Waals surface area contributed by atoms with Crippen LogP contribution in [0, 0.1) is 0 Å². The van der Waals surface area contributed by atoms with Gasteiger partial charge in [-0.3, -0.25) is 0 Å². The summed E-state index contributed by atoms with van der Waals surface area (Å²) < 4.78 is 0. The lowest BCUT2D eigenvalue weighted by atomic mass is 9.91. The molecule has 0 aliphatic rings. The van der Waals surface area contributed by atoms with Crippen LogP contribution in [0.4, 0.5) is 5.82 Å². The van der Waals surface area contributed by atoms with Gasteiger partial charge < -0.3 is 10.0 Å². The summed E-state index contributed by atoms with van der Waals surface area (Å²) in [6, 6.07) is 8.22. The first kappa shape index (κ1) is 16.0. The highest BCUT2D eigenvalue weighted by Gasteiger charge is 2.18. The molecule has 0 saturated carbocycles. The molecule has 0 bridgehead atoms. The number of likely N-dealkylation sites (N-methyl/N-ethyl adjacent to an activating group) is 1. The zero-order valence-corrected chi connectivity index (χ0v) is 14.1. The normalized spacial score (nSPS) is 11.7. The molecule has 3 nitrogen and oxygen atoms in total. The molecule has 0 saturated heterocycles. The van der Waals surface area contributed by atoms with Crippen LogP contribution in [-0.4, -0.2) is 23.7 Å². The third-order valence-electron chi connectivity index (χ3n) is 3.49. The number of aromatic nitrogens is 1. The van der Waals surface area contributed by atoms with Gasteiger partial charge in [-0.25, -0.2) is 4.98 Å². The van der Waals surface area contributed by atoms with Gasteiger partial charge in [-0.1, -0.05) is 26.8 Å². The number of pyridine rings is 1. The molecule has 0 aromatic carbocycles. The van der Waals surface area contributed by atoms with Crippen LogP contribution in [0.5, 0.6) is 0 Å². The van der Waals surface area contributed by atoms with E-state index in [0.29, 0.717) is 0 Å². The van der Waals surface area contributed by atoms with Gasteiger partial charge in [0.05, 0.1) is 6.61 Å². The van der Waals surface area contributed by atoms with Crippen LogP contribution in [0.3, 0.4) is 0 Å². The molecule has 2 aromatic heterocycles. The Hall–Kier alpha value is -1.39. The highest BCUT2D eigenvalue weighted by molar-refractivity contribution is 7.09. The lowest BCUT2D eigenvalue weighted by Crippen LogP contribution is -2.23. The van der Waals surface area contributed by atoms with E-state index < -0.39 is 0 Å². The zero-order chi connectivity index (χ0) is 15.5. The number of nitrogens with zero attached hydrogens (tertiary/aromatic N) is 2. The standard InChI is InChI=1S/C17H24N2OS/c1-17(2,3)15-10-13(12-20)11-16(18-15)19(4)8-7-14-6-5-9-21-14/h5-6,9-11,20H,7-8,12H2,1-4H3. The summed E-state index contributed by atoms with van der Waals surface area (Å²) in [6.45, 7) is 7.41. The van der Waals surface area contributed by atoms with Crippen LogP contribution in [0.15, 0.2) is 29.6 Å². The fraction of sp³-hybridized carbons (Fsp3) is 0.471. The summed E-state index contributed by atoms with van der Waals surface area (Å²) in [5, 5.41) is 11.6. The number of thiophene rings is 1. The maximum absolute atomic E-state index is 9.47. The summed E-state index contributed by atoms with van der Waals surface area (Å²) in [5.41, 5.74) is 1.93. The van der Waals surface area contributed by atoms with Crippen molar-refractivity contribution < 1.29 is 5.11 Å². The summed E-state index contributed by atoms with van der Waals surface area (Å²) in [7, 11) is 2.06. The van der Waals surface area contributed by atoms with Gasteiger partial charge in [0.25, 0.3) is 0 Å². The first-order valence-electron chi connectivity index (χ1n) is 7.26. The number of aliphatic hydroxyl groups is 1. The number of hydrogen-bond donors (Lipinski definition) is 1. The lowest BCUT2D eigenvalue weighted by Gasteiger charge is -2.24. The van der Waals surface area contributed by atoms with Crippen molar-refractivity contribution in [3.05, 3.63) is 45.8 Å². The van der Waals surface area contributed by atoms with E-state index in [1.165, 1.54) is 4.88 Å². The Labute approximate surface area is 131 Å². The molecule has 114 valence electrons. The number of anilines is 1. The van der Waals surface area contributed by atoms with Crippen molar-refractivity contribution >= 4 is 17.2 Å². The van der Waals surface area contributed by atoms with E-state index in [-0.39, 0.29) is 12.0 Å². The van der Waals surface area contributed by atoms with E-state index in [1.807, 2.05) is 12.1 Å². The van der Waals surface area contributed by atoms with Crippen molar-refractivity contribution in [3.8, 4) is 0 Å². The topological polar surface area (TPSA) is 36.4 Å². The van der Waals surface area contributed by atoms with Gasteiger partial charge in [-0.15, -0.1) is 11.3 Å². The minimum atomic E-state index is -0.0193. The van der Waals surface area contributed by atoms with Crippen LogP contribution in [0.1, 0.15) is 36.9 Å². The maximum atomic E-state index is 9.47. The van der Waals surface area contributed by atoms with Gasteiger partial charge in [-0.2, -0.15) is 0 Å². The van der Waals surface area contributed by atoms with Crippen LogP contribution < -0.4 is 4.90 Å². The van der Waals surface area contributed by atoms with Crippen LogP contribution in [0.2, 0.25) is 0 Å². The Morgan fingerprint density at radius 2 is 2.05 bits per heavy atom. The summed E-state index contributed by atoms with van der Waals surface area (Å²) in [5.74, 6) is 0.933. The Morgan fingerprint density at radius 1 is 1.29 bits per heavy atom. The molecule has 4 heteroatoms. The molecule has 0 atom stereocenters. The van der Waals surface area contributed by atoms with Crippen LogP contribution >= 0.6 is 11.3 Å². The first-order chi connectivity index (χ1) is 9.90. The fourth-order valence-electron chi connectivity index (χ4n) is 2.09. The minimum Gasteiger partial charge on any atom is -0.392 e. The second kappa shape index (κ2) is 6.58. The largest absolute Gasteiger partial charge is 0.392 e. The quantitative estimate of drug-likeness (QED) is 0.916. The van der Waals surface area contributed by atoms with E-state index in [0.717, 1.165) is 30.0 Å². The summed E-state index contributed by atoms with van der Waals surface area (Å²) in [6.07, 6.45) is 1.02. The SMILES string of the molecule is CN(CCc1cccs1)c1cc(CO)cc(C(C)(C)C)n1. The zero-order valence-electron chi connectivity index (χ0n) is 13.3. The predicted octanol–water partition coefficient (Wildman–Crippen LogP) is 3.61. The van der Waals surface area contributed by atoms with Gasteiger partial charge in [0, 0.05) is 29.6 Å². The van der Waals surface area contributed by atoms with Crippen molar-refractivity contribution in [2.24, 2.45) is 0 Å². The molecular weight excluding hydrogens is 280 g/mol. The Kier molecular flexibility index (Phi) is 5.01. The third kappa shape index (κ3) is 4.29. The monoisotopic (exact) mass is 304 g/mol. The second-order valence-electron chi connectivity index (χ2n) is 6.38. The lowest BCUT2D eigenvalue weighted by molar-refractivity contribution is 0.281. The van der Waals surface area contributed by atoms with Crippen molar-refractivity contribution in [2.45, 2.75) is 39.2 Å². The average molecular weight is 304 g/mol. The first-order valence-corrected chi connectivity index (χ1v) is 8.14. The van der Waals surface area contributed by atoms with Crippen molar-refractivity contribution in [2.75, 3.05) is 18.5 Å². The molecule has 2 rings (SSSR count). The van der Waals surface area contributed by atoms with Gasteiger partial charge in [0.1, 0.15) is 5.82 Å². The summed E-state index contributed by atoms with van der Waals surface area (Å²) in [4.78, 5) is 8.32. The molecule has 21 heavy (non-hydrogen) atoms. The molecule has 0 radical (unpaired) electrons. The highest BCUT2D eigenvalue weighted by atomic mass is 32.1. The average Bonchev–Trinajstić information content (AvgIpc) is 2.96. The predicted molar refractivity (Wildman–Crippen MR) is 90.2 cm³/mol. The van der Waals surface area contributed by atoms with Gasteiger partial charge in [0.2, 0.25) is 0 Å². The molecular formula is C17H24N2OS. The third-order valence-corrected chi connectivity index (χ3v) is 4.42. The van der Waals surface area contributed by atoms with Gasteiger partial charge in [0.15, 0.2) is 0 Å². The van der Waals surface area contributed by atoms with Crippen molar-refractivity contribution in [1.29, 1.82) is 0 Å². The Balaban J connectivity index is 2.17. The van der Waals surface area contributed by atoms with Crippen LogP contribution in [0.25, 0.3) is 0 Å². The molecule has 0 fully saturated rings. The summed E-state index contributed by atoms with van der Waals surface area (Å²) >= 11 is 1.79. The molecule has 2 heterocycles. The van der Waals surface area contributed by atoms with Crippen molar-refractivity contribution in [1.82, 2.24) is 4.98 Å². The molecule has 2 aromatic rings. The minimum absolute atomic E-state index is 0.0193. The molecule has 0 spiro atoms. The fourth-order valence-corrected chi connectivity index (χ4v) is 2.79. The van der Waals surface area contributed by atoms with Gasteiger partial charge >= 0.3 is 0 Å². The van der Waals surface area contributed by atoms with E-state index in [1.54, 1.807) is 11.3 Å². The molecule has 0 aliphatic heterocycles. The van der Waals surface area contributed by atoms with E-state index in [2.05, 4.69) is 50.2 Å². The number of hydrogen-bond acceptors (Lipinski definition) is 4. The van der Waals surface area contributed by atoms with E-state index in [9.17, 15) is 5.11 Å². The van der Waals surface area contributed by atoms with Gasteiger partial charge in [-0.05, 0) is 35.6 Å². The van der Waals surface area contributed by atoms with Crippen molar-refractivity contribution in [3.63, 3.8) is 0 Å². The second-order valence-corrected chi connectivity index (χ2v) is 7.41. The molecule has 0 amide bonds. The molecule has 0 aliphatic carbocycles.